The van der Waals surface area contributed by atoms with Crippen molar-refractivity contribution in [2.24, 2.45) is 5.73 Å². The summed E-state index contributed by atoms with van der Waals surface area (Å²) in [5, 5.41) is 2.93. The summed E-state index contributed by atoms with van der Waals surface area (Å²) in [7, 11) is 0. The highest BCUT2D eigenvalue weighted by Gasteiger charge is 2.07. The molecule has 1 aromatic rings. The monoisotopic (exact) mass is 289 g/mol. The summed E-state index contributed by atoms with van der Waals surface area (Å²) in [5.41, 5.74) is 5.23. The number of nitrogens with zero attached hydrogens (tertiary/aromatic N) is 1. The van der Waals surface area contributed by atoms with Gasteiger partial charge in [0, 0.05) is 0 Å². The fraction of sp³-hybridized carbons (Fsp3) is 0.455. The van der Waals surface area contributed by atoms with Crippen LogP contribution in [0.25, 0.3) is 0 Å². The fourth-order valence-electron chi connectivity index (χ4n) is 1.05. The second kappa shape index (κ2) is 8.53. The lowest BCUT2D eigenvalue weighted by Gasteiger charge is -2.03. The molecule has 0 saturated carbocycles. The van der Waals surface area contributed by atoms with E-state index in [4.69, 9.17) is 5.73 Å². The number of nitrogens with two attached hydrogens (primary N) is 1. The number of carbonyl (C=O) groups excluding carboxylic acids is 1. The van der Waals surface area contributed by atoms with Crippen LogP contribution in [0.15, 0.2) is 6.20 Å². The third kappa shape index (κ3) is 6.81. The molecular formula is C11H13F2N3O2S. The number of alkyl halides is 2. The van der Waals surface area contributed by atoms with Gasteiger partial charge in [0.2, 0.25) is 5.91 Å². The molecule has 8 heteroatoms. The molecule has 0 aliphatic heterocycles. The van der Waals surface area contributed by atoms with Crippen molar-refractivity contribution in [3.8, 4) is 11.8 Å². The molecule has 3 N–H and O–H groups in total. The van der Waals surface area contributed by atoms with Crippen molar-refractivity contribution in [2.75, 3.05) is 25.1 Å². The molecule has 0 bridgehead atoms. The van der Waals surface area contributed by atoms with Crippen LogP contribution in [0.1, 0.15) is 11.3 Å². The van der Waals surface area contributed by atoms with Gasteiger partial charge in [-0.15, -0.1) is 0 Å². The summed E-state index contributed by atoms with van der Waals surface area (Å²) in [6.45, 7) is -0.466. The largest absolute Gasteiger partial charge is 0.375 e. The molecule has 0 fully saturated rings. The van der Waals surface area contributed by atoms with Gasteiger partial charge in [0.15, 0.2) is 5.13 Å². The van der Waals surface area contributed by atoms with Gasteiger partial charge in [-0.25, -0.2) is 13.8 Å². The Hall–Kier alpha value is -1.56. The number of aromatic nitrogens is 1. The van der Waals surface area contributed by atoms with Crippen molar-refractivity contribution in [3.05, 3.63) is 11.1 Å². The zero-order chi connectivity index (χ0) is 14.1. The summed E-state index contributed by atoms with van der Waals surface area (Å²) < 4.78 is 28.1. The third-order valence-corrected chi connectivity index (χ3v) is 2.61. The van der Waals surface area contributed by atoms with E-state index in [0.717, 1.165) is 0 Å². The van der Waals surface area contributed by atoms with E-state index in [9.17, 15) is 13.6 Å². The first-order valence-electron chi connectivity index (χ1n) is 5.42. The molecule has 0 aromatic carbocycles. The molecule has 1 amide bonds. The SMILES string of the molecule is NCC#Cc1cnc(NC(=O)CCOCC(F)F)s1. The third-order valence-electron chi connectivity index (χ3n) is 1.78. The Kier molecular flexibility index (Phi) is 6.95. The van der Waals surface area contributed by atoms with Crippen LogP contribution in [0, 0.1) is 11.8 Å². The molecule has 0 aliphatic carbocycles. The molecule has 1 aromatic heterocycles. The molecule has 0 unspecified atom stereocenters. The Morgan fingerprint density at radius 2 is 2.42 bits per heavy atom. The Labute approximate surface area is 113 Å². The van der Waals surface area contributed by atoms with E-state index in [-0.39, 0.29) is 25.5 Å². The number of nitrogens with one attached hydrogen (secondary N) is 1. The second-order valence-corrected chi connectivity index (χ2v) is 4.33. The summed E-state index contributed by atoms with van der Waals surface area (Å²) in [6.07, 6.45) is -1.00. The number of halogens is 2. The standard InChI is InChI=1S/C11H13F2N3O2S/c12-9(13)7-18-5-3-10(17)16-11-15-6-8(19-11)2-1-4-14/h6,9H,3-5,7,14H2,(H,15,16,17). The van der Waals surface area contributed by atoms with Crippen LogP contribution in [-0.4, -0.2) is 37.1 Å². The lowest BCUT2D eigenvalue weighted by Crippen LogP contribution is -2.15. The summed E-state index contributed by atoms with van der Waals surface area (Å²) >= 11 is 1.21. The summed E-state index contributed by atoms with van der Waals surface area (Å²) in [5.74, 6) is 5.11. The topological polar surface area (TPSA) is 77.2 Å². The number of amides is 1. The minimum Gasteiger partial charge on any atom is -0.375 e. The highest BCUT2D eigenvalue weighted by atomic mass is 32.1. The number of hydrogen-bond donors (Lipinski definition) is 2. The van der Waals surface area contributed by atoms with E-state index in [1.165, 1.54) is 17.5 Å². The second-order valence-electron chi connectivity index (χ2n) is 3.30. The Balaban J connectivity index is 2.30. The zero-order valence-corrected chi connectivity index (χ0v) is 10.8. The number of hydrogen-bond acceptors (Lipinski definition) is 5. The van der Waals surface area contributed by atoms with E-state index in [1.54, 1.807) is 0 Å². The maximum absolute atomic E-state index is 11.8. The molecule has 0 atom stereocenters. The van der Waals surface area contributed by atoms with Crippen LogP contribution >= 0.6 is 11.3 Å². The first-order chi connectivity index (χ1) is 9.11. The molecule has 104 valence electrons. The predicted octanol–water partition coefficient (Wildman–Crippen LogP) is 1.06. The van der Waals surface area contributed by atoms with Gasteiger partial charge in [-0.2, -0.15) is 0 Å². The molecule has 0 radical (unpaired) electrons. The van der Waals surface area contributed by atoms with Crippen molar-refractivity contribution >= 4 is 22.4 Å². The normalized spacial score (nSPS) is 10.1. The summed E-state index contributed by atoms with van der Waals surface area (Å²) in [6, 6.07) is 0. The first kappa shape index (κ1) is 15.5. The van der Waals surface area contributed by atoms with E-state index in [2.05, 4.69) is 26.9 Å². The van der Waals surface area contributed by atoms with Crippen LogP contribution in [0.5, 0.6) is 0 Å². The lowest BCUT2D eigenvalue weighted by atomic mass is 10.4. The van der Waals surface area contributed by atoms with Crippen molar-refractivity contribution in [3.63, 3.8) is 0 Å². The van der Waals surface area contributed by atoms with Gasteiger partial charge < -0.3 is 15.8 Å². The molecule has 5 nitrogen and oxygen atoms in total. The molecule has 1 rings (SSSR count). The summed E-state index contributed by atoms with van der Waals surface area (Å²) in [4.78, 5) is 16.0. The Morgan fingerprint density at radius 3 is 3.11 bits per heavy atom. The first-order valence-corrected chi connectivity index (χ1v) is 6.24. The van der Waals surface area contributed by atoms with Gasteiger partial charge in [-0.1, -0.05) is 23.2 Å². The van der Waals surface area contributed by atoms with E-state index >= 15 is 0 Å². The average molecular weight is 289 g/mol. The number of rotatable bonds is 6. The molecule has 0 aliphatic rings. The molecular weight excluding hydrogens is 276 g/mol. The van der Waals surface area contributed by atoms with Crippen LogP contribution in [0.2, 0.25) is 0 Å². The van der Waals surface area contributed by atoms with Crippen LogP contribution in [0.4, 0.5) is 13.9 Å². The van der Waals surface area contributed by atoms with Gasteiger partial charge in [0.05, 0.1) is 30.6 Å². The number of ether oxygens (including phenoxy) is 1. The maximum atomic E-state index is 11.8. The lowest BCUT2D eigenvalue weighted by molar-refractivity contribution is -0.117. The van der Waals surface area contributed by atoms with Gasteiger partial charge in [-0.05, 0) is 0 Å². The van der Waals surface area contributed by atoms with Crippen LogP contribution in [-0.2, 0) is 9.53 Å². The van der Waals surface area contributed by atoms with E-state index < -0.39 is 13.0 Å². The molecule has 1 heterocycles. The van der Waals surface area contributed by atoms with Crippen molar-refractivity contribution in [1.82, 2.24) is 4.98 Å². The van der Waals surface area contributed by atoms with Crippen LogP contribution in [0.3, 0.4) is 0 Å². The van der Waals surface area contributed by atoms with Crippen molar-refractivity contribution < 1.29 is 18.3 Å². The van der Waals surface area contributed by atoms with E-state index in [0.29, 0.717) is 10.0 Å². The van der Waals surface area contributed by atoms with Gasteiger partial charge in [0.25, 0.3) is 6.43 Å². The number of anilines is 1. The van der Waals surface area contributed by atoms with Crippen molar-refractivity contribution in [2.45, 2.75) is 12.8 Å². The fourth-order valence-corrected chi connectivity index (χ4v) is 1.75. The van der Waals surface area contributed by atoms with Crippen LogP contribution < -0.4 is 11.1 Å². The van der Waals surface area contributed by atoms with Crippen molar-refractivity contribution in [1.29, 1.82) is 0 Å². The molecule has 19 heavy (non-hydrogen) atoms. The smallest absolute Gasteiger partial charge is 0.261 e. The highest BCUT2D eigenvalue weighted by Crippen LogP contribution is 2.16. The Bertz CT molecular complexity index is 468. The molecule has 0 saturated heterocycles. The predicted molar refractivity (Wildman–Crippen MR) is 68.1 cm³/mol. The highest BCUT2D eigenvalue weighted by molar-refractivity contribution is 7.16. The minimum absolute atomic E-state index is 0.00386. The Morgan fingerprint density at radius 1 is 1.63 bits per heavy atom. The van der Waals surface area contributed by atoms with Gasteiger partial charge >= 0.3 is 0 Å². The number of thiazole rings is 1. The molecule has 0 spiro atoms. The zero-order valence-electron chi connectivity index (χ0n) is 9.99. The quantitative estimate of drug-likeness (QED) is 0.606. The average Bonchev–Trinajstić information content (AvgIpc) is 2.79. The van der Waals surface area contributed by atoms with E-state index in [1.807, 2.05) is 0 Å². The maximum Gasteiger partial charge on any atom is 0.261 e. The minimum atomic E-state index is -2.52. The van der Waals surface area contributed by atoms with Gasteiger partial charge in [-0.3, -0.25) is 4.79 Å². The van der Waals surface area contributed by atoms with Gasteiger partial charge in [0.1, 0.15) is 6.61 Å². The number of carbonyl (C=O) groups is 1.